The molecule has 0 unspecified atom stereocenters. The minimum atomic E-state index is -0.102. The predicted octanol–water partition coefficient (Wildman–Crippen LogP) is 2.63. The van der Waals surface area contributed by atoms with Crippen LogP contribution in [0.4, 0.5) is 5.69 Å². The van der Waals surface area contributed by atoms with Crippen molar-refractivity contribution < 1.29 is 9.53 Å². The second kappa shape index (κ2) is 5.27. The van der Waals surface area contributed by atoms with Gasteiger partial charge in [-0.25, -0.2) is 0 Å². The van der Waals surface area contributed by atoms with E-state index in [4.69, 9.17) is 10.5 Å². The summed E-state index contributed by atoms with van der Waals surface area (Å²) in [5.41, 5.74) is 6.56. The number of anilines is 1. The first-order chi connectivity index (χ1) is 8.67. The Morgan fingerprint density at radius 3 is 2.94 bits per heavy atom. The van der Waals surface area contributed by atoms with Gasteiger partial charge in [0.05, 0.1) is 12.8 Å². The number of carbonyl (C=O) groups is 1. The molecule has 4 nitrogen and oxygen atoms in total. The number of ether oxygens (including phenoxy) is 1. The maximum atomic E-state index is 11.9. The number of methoxy groups -OCH3 is 1. The van der Waals surface area contributed by atoms with Gasteiger partial charge in [-0.15, -0.1) is 11.3 Å². The number of fused-ring (bicyclic) bond motifs is 1. The zero-order chi connectivity index (χ0) is 13.1. The van der Waals surface area contributed by atoms with Gasteiger partial charge in [0.15, 0.2) is 0 Å². The SMILES string of the molecule is CCCNC(=O)c1sc2cc(OC)ccc2c1N. The monoisotopic (exact) mass is 264 g/mol. The van der Waals surface area contributed by atoms with E-state index in [2.05, 4.69) is 5.32 Å². The fourth-order valence-electron chi connectivity index (χ4n) is 1.71. The van der Waals surface area contributed by atoms with E-state index < -0.39 is 0 Å². The molecule has 2 aromatic rings. The van der Waals surface area contributed by atoms with Gasteiger partial charge in [-0.05, 0) is 24.6 Å². The van der Waals surface area contributed by atoms with Crippen molar-refractivity contribution in [1.82, 2.24) is 5.32 Å². The lowest BCUT2D eigenvalue weighted by Crippen LogP contribution is -2.23. The van der Waals surface area contributed by atoms with Crippen LogP contribution in [0, 0.1) is 0 Å². The van der Waals surface area contributed by atoms with Gasteiger partial charge in [0.2, 0.25) is 0 Å². The van der Waals surface area contributed by atoms with Crippen LogP contribution in [0.1, 0.15) is 23.0 Å². The van der Waals surface area contributed by atoms with Crippen LogP contribution < -0.4 is 15.8 Å². The van der Waals surface area contributed by atoms with E-state index in [1.165, 1.54) is 11.3 Å². The number of rotatable bonds is 4. The van der Waals surface area contributed by atoms with Crippen molar-refractivity contribution in [1.29, 1.82) is 0 Å². The van der Waals surface area contributed by atoms with Gasteiger partial charge in [0.1, 0.15) is 10.6 Å². The van der Waals surface area contributed by atoms with Crippen LogP contribution in [0.15, 0.2) is 18.2 Å². The molecule has 0 aliphatic carbocycles. The van der Waals surface area contributed by atoms with E-state index in [1.54, 1.807) is 7.11 Å². The zero-order valence-corrected chi connectivity index (χ0v) is 11.3. The van der Waals surface area contributed by atoms with Crippen molar-refractivity contribution in [2.75, 3.05) is 19.4 Å². The molecule has 2 rings (SSSR count). The third-order valence-electron chi connectivity index (χ3n) is 2.68. The molecule has 0 aliphatic rings. The van der Waals surface area contributed by atoms with Gasteiger partial charge in [-0.2, -0.15) is 0 Å². The Labute approximate surface area is 110 Å². The van der Waals surface area contributed by atoms with Crippen molar-refractivity contribution in [2.24, 2.45) is 0 Å². The normalized spacial score (nSPS) is 10.6. The van der Waals surface area contributed by atoms with Gasteiger partial charge < -0.3 is 15.8 Å². The predicted molar refractivity (Wildman–Crippen MR) is 75.4 cm³/mol. The average Bonchev–Trinajstić information content (AvgIpc) is 2.72. The minimum absolute atomic E-state index is 0.102. The molecule has 0 fully saturated rings. The highest BCUT2D eigenvalue weighted by atomic mass is 32.1. The topological polar surface area (TPSA) is 64.3 Å². The number of carbonyl (C=O) groups excluding carboxylic acids is 1. The lowest BCUT2D eigenvalue weighted by atomic mass is 10.2. The van der Waals surface area contributed by atoms with Gasteiger partial charge in [0, 0.05) is 16.6 Å². The van der Waals surface area contributed by atoms with Crippen LogP contribution in [-0.4, -0.2) is 19.6 Å². The van der Waals surface area contributed by atoms with Crippen molar-refractivity contribution in [2.45, 2.75) is 13.3 Å². The highest BCUT2D eigenvalue weighted by Crippen LogP contribution is 2.35. The fraction of sp³-hybridized carbons (Fsp3) is 0.308. The highest BCUT2D eigenvalue weighted by molar-refractivity contribution is 7.21. The maximum Gasteiger partial charge on any atom is 0.263 e. The van der Waals surface area contributed by atoms with E-state index in [0.717, 1.165) is 22.3 Å². The summed E-state index contributed by atoms with van der Waals surface area (Å²) in [6, 6.07) is 5.63. The van der Waals surface area contributed by atoms with Crippen LogP contribution in [0.25, 0.3) is 10.1 Å². The Morgan fingerprint density at radius 2 is 2.28 bits per heavy atom. The number of hydrogen-bond donors (Lipinski definition) is 2. The van der Waals surface area contributed by atoms with E-state index in [1.807, 2.05) is 25.1 Å². The van der Waals surface area contributed by atoms with Crippen molar-refractivity contribution >= 4 is 33.0 Å². The molecule has 1 heterocycles. The Kier molecular flexibility index (Phi) is 3.72. The van der Waals surface area contributed by atoms with Gasteiger partial charge >= 0.3 is 0 Å². The van der Waals surface area contributed by atoms with E-state index >= 15 is 0 Å². The number of nitrogen functional groups attached to an aromatic ring is 1. The van der Waals surface area contributed by atoms with Crippen molar-refractivity contribution in [3.63, 3.8) is 0 Å². The summed E-state index contributed by atoms with van der Waals surface area (Å²) in [5.74, 6) is 0.666. The van der Waals surface area contributed by atoms with Gasteiger partial charge in [-0.1, -0.05) is 6.92 Å². The van der Waals surface area contributed by atoms with E-state index in [-0.39, 0.29) is 5.91 Å². The number of thiophene rings is 1. The van der Waals surface area contributed by atoms with E-state index in [0.29, 0.717) is 17.1 Å². The average molecular weight is 264 g/mol. The van der Waals surface area contributed by atoms with Crippen molar-refractivity contribution in [3.8, 4) is 5.75 Å². The first-order valence-corrected chi connectivity index (χ1v) is 6.63. The summed E-state index contributed by atoms with van der Waals surface area (Å²) < 4.78 is 6.13. The fourth-order valence-corrected chi connectivity index (χ4v) is 2.78. The molecule has 18 heavy (non-hydrogen) atoms. The van der Waals surface area contributed by atoms with Crippen LogP contribution in [-0.2, 0) is 0 Å². The number of benzene rings is 1. The Hall–Kier alpha value is -1.75. The molecule has 3 N–H and O–H groups in total. The second-order valence-corrected chi connectivity index (χ2v) is 5.02. The summed E-state index contributed by atoms with van der Waals surface area (Å²) in [6.07, 6.45) is 0.907. The van der Waals surface area contributed by atoms with Gasteiger partial charge in [0.25, 0.3) is 5.91 Å². The van der Waals surface area contributed by atoms with Gasteiger partial charge in [-0.3, -0.25) is 4.79 Å². The smallest absolute Gasteiger partial charge is 0.263 e. The molecular weight excluding hydrogens is 248 g/mol. The Balaban J connectivity index is 2.40. The largest absolute Gasteiger partial charge is 0.497 e. The molecule has 0 saturated carbocycles. The van der Waals surface area contributed by atoms with Crippen molar-refractivity contribution in [3.05, 3.63) is 23.1 Å². The summed E-state index contributed by atoms with van der Waals surface area (Å²) in [7, 11) is 1.62. The molecule has 0 aliphatic heterocycles. The Bertz CT molecular complexity index is 578. The van der Waals surface area contributed by atoms with Crippen LogP contribution in [0.2, 0.25) is 0 Å². The lowest BCUT2D eigenvalue weighted by Gasteiger charge is -2.01. The summed E-state index contributed by atoms with van der Waals surface area (Å²) in [5, 5.41) is 3.74. The lowest BCUT2D eigenvalue weighted by molar-refractivity contribution is 0.0958. The van der Waals surface area contributed by atoms with Crippen LogP contribution >= 0.6 is 11.3 Å². The summed E-state index contributed by atoms with van der Waals surface area (Å²) in [6.45, 7) is 2.68. The Morgan fingerprint density at radius 1 is 1.50 bits per heavy atom. The number of nitrogens with one attached hydrogen (secondary N) is 1. The minimum Gasteiger partial charge on any atom is -0.497 e. The first kappa shape index (κ1) is 12.7. The second-order valence-electron chi connectivity index (χ2n) is 3.96. The third kappa shape index (κ3) is 2.26. The third-order valence-corrected chi connectivity index (χ3v) is 3.84. The molecular formula is C13H16N2O2S. The van der Waals surface area contributed by atoms with E-state index in [9.17, 15) is 4.79 Å². The molecule has 1 aromatic heterocycles. The summed E-state index contributed by atoms with van der Waals surface area (Å²) >= 11 is 1.39. The molecule has 96 valence electrons. The van der Waals surface area contributed by atoms with Crippen LogP contribution in [0.3, 0.4) is 0 Å². The number of amides is 1. The molecule has 0 radical (unpaired) electrons. The molecule has 0 atom stereocenters. The molecule has 5 heteroatoms. The summed E-state index contributed by atoms with van der Waals surface area (Å²) in [4.78, 5) is 12.5. The molecule has 0 bridgehead atoms. The molecule has 1 aromatic carbocycles. The number of nitrogens with two attached hydrogens (primary N) is 1. The first-order valence-electron chi connectivity index (χ1n) is 5.81. The number of hydrogen-bond acceptors (Lipinski definition) is 4. The van der Waals surface area contributed by atoms with Crippen LogP contribution in [0.5, 0.6) is 5.75 Å². The molecule has 1 amide bonds. The molecule has 0 spiro atoms. The molecule has 0 saturated heterocycles. The zero-order valence-electron chi connectivity index (χ0n) is 10.4. The highest BCUT2D eigenvalue weighted by Gasteiger charge is 2.16. The maximum absolute atomic E-state index is 11.9. The quantitative estimate of drug-likeness (QED) is 0.892. The standard InChI is InChI=1S/C13H16N2O2S/c1-3-6-15-13(16)12-11(14)9-5-4-8(17-2)7-10(9)18-12/h4-5,7H,3,6,14H2,1-2H3,(H,15,16).